The van der Waals surface area contributed by atoms with Crippen molar-refractivity contribution in [3.8, 4) is 11.5 Å². The van der Waals surface area contributed by atoms with E-state index in [4.69, 9.17) is 16.3 Å². The summed E-state index contributed by atoms with van der Waals surface area (Å²) >= 11 is 5.89. The Morgan fingerprint density at radius 3 is 2.31 bits per heavy atom. The second kappa shape index (κ2) is 8.36. The number of benzene rings is 2. The van der Waals surface area contributed by atoms with E-state index in [1.54, 1.807) is 24.3 Å². The highest BCUT2D eigenvalue weighted by molar-refractivity contribution is 7.88. The van der Waals surface area contributed by atoms with E-state index in [9.17, 15) is 36.3 Å². The van der Waals surface area contributed by atoms with Gasteiger partial charge in [-0.2, -0.15) is 21.6 Å². The molecule has 13 heteroatoms. The third kappa shape index (κ3) is 4.36. The zero-order valence-corrected chi connectivity index (χ0v) is 17.6. The van der Waals surface area contributed by atoms with E-state index in [-0.39, 0.29) is 17.1 Å². The summed E-state index contributed by atoms with van der Waals surface area (Å²) in [6.45, 7) is -0.187. The van der Waals surface area contributed by atoms with Crippen LogP contribution in [0.5, 0.6) is 11.5 Å². The summed E-state index contributed by atoms with van der Waals surface area (Å²) < 4.78 is 71.9. The molecule has 0 saturated carbocycles. The Kier molecular flexibility index (Phi) is 6.11. The predicted octanol–water partition coefficient (Wildman–Crippen LogP) is 3.64. The van der Waals surface area contributed by atoms with Gasteiger partial charge in [0.1, 0.15) is 5.75 Å². The lowest BCUT2D eigenvalue weighted by atomic mass is 10.1. The van der Waals surface area contributed by atoms with Crippen molar-refractivity contribution in [1.29, 1.82) is 0 Å². The Hall–Kier alpha value is -3.25. The summed E-state index contributed by atoms with van der Waals surface area (Å²) in [6.07, 6.45) is 0. The van der Waals surface area contributed by atoms with Crippen molar-refractivity contribution in [3.63, 3.8) is 0 Å². The van der Waals surface area contributed by atoms with Crippen molar-refractivity contribution >= 4 is 38.6 Å². The number of hydrogen-bond acceptors (Lipinski definition) is 6. The summed E-state index contributed by atoms with van der Waals surface area (Å²) in [5.74, 6) is -2.74. The zero-order chi connectivity index (χ0) is 23.8. The lowest BCUT2D eigenvalue weighted by Gasteiger charge is -2.17. The second-order valence-corrected chi connectivity index (χ2v) is 8.37. The van der Waals surface area contributed by atoms with E-state index >= 15 is 0 Å². The highest BCUT2D eigenvalue weighted by Crippen LogP contribution is 2.35. The highest BCUT2D eigenvalue weighted by Gasteiger charge is 2.49. The normalized spacial score (nSPS) is 12.0. The van der Waals surface area contributed by atoms with Gasteiger partial charge in [-0.3, -0.25) is 4.79 Å². The molecule has 3 rings (SSSR count). The van der Waals surface area contributed by atoms with Crippen LogP contribution in [-0.4, -0.2) is 36.7 Å². The maximum Gasteiger partial charge on any atom is 0.534 e. The average Bonchev–Trinajstić information content (AvgIpc) is 2.70. The fourth-order valence-electron chi connectivity index (χ4n) is 2.90. The van der Waals surface area contributed by atoms with Crippen LogP contribution in [0.25, 0.3) is 10.9 Å². The summed E-state index contributed by atoms with van der Waals surface area (Å²) in [5.41, 5.74) is -7.98. The van der Waals surface area contributed by atoms with Crippen LogP contribution in [0.1, 0.15) is 15.9 Å². The maximum absolute atomic E-state index is 13.0. The van der Waals surface area contributed by atoms with Gasteiger partial charge in [0.15, 0.2) is 11.3 Å². The van der Waals surface area contributed by atoms with Crippen LogP contribution in [0, 0.1) is 0 Å². The van der Waals surface area contributed by atoms with Gasteiger partial charge in [0.25, 0.3) is 5.56 Å². The molecule has 0 fully saturated rings. The molecule has 0 spiro atoms. The molecule has 0 atom stereocenters. The van der Waals surface area contributed by atoms with Gasteiger partial charge >= 0.3 is 21.6 Å². The van der Waals surface area contributed by atoms with Gasteiger partial charge in [-0.05, 0) is 35.9 Å². The topological polar surface area (TPSA) is 112 Å². The molecule has 170 valence electrons. The number of aromatic nitrogens is 1. The van der Waals surface area contributed by atoms with Gasteiger partial charge in [0.05, 0.1) is 19.2 Å². The number of rotatable bonds is 6. The molecule has 8 nitrogen and oxygen atoms in total. The lowest BCUT2D eigenvalue weighted by Crippen LogP contribution is -2.32. The first-order chi connectivity index (χ1) is 14.9. The summed E-state index contributed by atoms with van der Waals surface area (Å²) in [7, 11) is -4.83. The van der Waals surface area contributed by atoms with E-state index in [1.807, 2.05) is 0 Å². The minimum Gasteiger partial charge on any atom is -0.497 e. The highest BCUT2D eigenvalue weighted by atomic mass is 35.5. The molecule has 0 aliphatic heterocycles. The fourth-order valence-corrected chi connectivity index (χ4v) is 3.56. The molecule has 1 aromatic heterocycles. The number of carbonyl (C=O) groups is 1. The van der Waals surface area contributed by atoms with Gasteiger partial charge in [0.2, 0.25) is 0 Å². The Morgan fingerprint density at radius 2 is 1.78 bits per heavy atom. The smallest absolute Gasteiger partial charge is 0.497 e. The van der Waals surface area contributed by atoms with Crippen molar-refractivity contribution < 1.29 is 40.4 Å². The number of fused-ring (bicyclic) bond motifs is 1. The van der Waals surface area contributed by atoms with Crippen molar-refractivity contribution in [2.24, 2.45) is 0 Å². The average molecular weight is 492 g/mol. The molecule has 0 radical (unpaired) electrons. The first kappa shape index (κ1) is 23.4. The van der Waals surface area contributed by atoms with Crippen molar-refractivity contribution in [2.75, 3.05) is 7.11 Å². The summed E-state index contributed by atoms with van der Waals surface area (Å²) in [5, 5.41) is 9.05. The van der Waals surface area contributed by atoms with E-state index in [2.05, 4.69) is 4.18 Å². The van der Waals surface area contributed by atoms with Gasteiger partial charge in [-0.25, -0.2) is 4.79 Å². The molecule has 0 saturated heterocycles. The van der Waals surface area contributed by atoms with E-state index in [1.165, 1.54) is 19.2 Å². The van der Waals surface area contributed by atoms with Gasteiger partial charge in [0, 0.05) is 10.4 Å². The predicted molar refractivity (Wildman–Crippen MR) is 108 cm³/mol. The molecular formula is C19H13ClF3NO7S. The molecule has 0 aliphatic rings. The van der Waals surface area contributed by atoms with Crippen LogP contribution in [0.4, 0.5) is 13.2 Å². The van der Waals surface area contributed by atoms with Crippen LogP contribution in [0.2, 0.25) is 5.02 Å². The molecular weight excluding hydrogens is 479 g/mol. The number of aromatic carboxylic acids is 1. The van der Waals surface area contributed by atoms with E-state index < -0.39 is 43.9 Å². The van der Waals surface area contributed by atoms with Crippen LogP contribution in [-0.2, 0) is 16.7 Å². The molecule has 2 aromatic carbocycles. The monoisotopic (exact) mass is 491 g/mol. The summed E-state index contributed by atoms with van der Waals surface area (Å²) in [6, 6.07) is 9.90. The molecule has 0 aliphatic carbocycles. The van der Waals surface area contributed by atoms with Crippen molar-refractivity contribution in [3.05, 3.63) is 69.0 Å². The number of nitrogens with zero attached hydrogens (tertiary/aromatic N) is 1. The van der Waals surface area contributed by atoms with Crippen LogP contribution >= 0.6 is 11.6 Å². The number of ether oxygens (including phenoxy) is 1. The van der Waals surface area contributed by atoms with Crippen molar-refractivity contribution in [2.45, 2.75) is 12.1 Å². The number of carboxylic acids is 1. The standard InChI is InChI=1S/C19H13ClF3NO7S/c1-30-12-5-2-10(3-6-12)9-24-14-7-4-11(20)8-13(14)16(15(17(24)25)18(26)27)31-32(28,29)19(21,22)23/h2-8H,9H2,1H3,(H,26,27). The largest absolute Gasteiger partial charge is 0.534 e. The van der Waals surface area contributed by atoms with Gasteiger partial charge in [-0.15, -0.1) is 0 Å². The number of carboxylic acid groups (broad SMARTS) is 1. The molecule has 32 heavy (non-hydrogen) atoms. The van der Waals surface area contributed by atoms with Gasteiger partial charge in [-0.1, -0.05) is 23.7 Å². The fraction of sp³-hybridized carbons (Fsp3) is 0.158. The first-order valence-electron chi connectivity index (χ1n) is 8.58. The zero-order valence-electron chi connectivity index (χ0n) is 16.0. The molecule has 0 amide bonds. The van der Waals surface area contributed by atoms with Crippen LogP contribution < -0.4 is 14.5 Å². The molecule has 0 bridgehead atoms. The molecule has 0 unspecified atom stereocenters. The third-order valence-corrected chi connectivity index (χ3v) is 5.56. The Balaban J connectivity index is 2.32. The number of pyridine rings is 1. The third-order valence-electron chi connectivity index (χ3n) is 4.37. The number of halogens is 4. The SMILES string of the molecule is COc1ccc(Cn2c(=O)c(C(=O)O)c(OS(=O)(=O)C(F)(F)F)c3cc(Cl)ccc32)cc1. The quantitative estimate of drug-likeness (QED) is 0.414. The minimum atomic E-state index is -6.28. The minimum absolute atomic E-state index is 0.0576. The van der Waals surface area contributed by atoms with E-state index in [0.717, 1.165) is 10.6 Å². The number of hydrogen-bond donors (Lipinski definition) is 1. The van der Waals surface area contributed by atoms with Crippen molar-refractivity contribution in [1.82, 2.24) is 4.57 Å². The number of alkyl halides is 3. The van der Waals surface area contributed by atoms with Crippen LogP contribution in [0.3, 0.4) is 0 Å². The van der Waals surface area contributed by atoms with Gasteiger partial charge < -0.3 is 18.6 Å². The second-order valence-electron chi connectivity index (χ2n) is 6.39. The van der Waals surface area contributed by atoms with Crippen LogP contribution in [0.15, 0.2) is 47.3 Å². The molecule has 1 heterocycles. The first-order valence-corrected chi connectivity index (χ1v) is 10.4. The molecule has 3 aromatic rings. The Labute approximate surface area is 183 Å². The maximum atomic E-state index is 13.0. The number of methoxy groups -OCH3 is 1. The Morgan fingerprint density at radius 1 is 1.16 bits per heavy atom. The van der Waals surface area contributed by atoms with E-state index in [0.29, 0.717) is 11.3 Å². The Bertz CT molecular complexity index is 1370. The summed E-state index contributed by atoms with van der Waals surface area (Å²) in [4.78, 5) is 24.7. The molecule has 1 N–H and O–H groups in total. The lowest BCUT2D eigenvalue weighted by molar-refractivity contribution is -0.0500.